The molecule has 0 saturated carbocycles. The number of aromatic nitrogens is 4. The third kappa shape index (κ3) is 18.3. The number of nitrogens with two attached hydrogens (primary N) is 1. The van der Waals surface area contributed by atoms with Gasteiger partial charge in [0.1, 0.15) is 41.7 Å². The van der Waals surface area contributed by atoms with E-state index in [0.717, 1.165) is 16.7 Å². The molecule has 2 saturated heterocycles. The lowest BCUT2D eigenvalue weighted by molar-refractivity contribution is -0.157. The van der Waals surface area contributed by atoms with Crippen LogP contribution in [0.1, 0.15) is 116 Å². The molecule has 2 aromatic heterocycles. The van der Waals surface area contributed by atoms with Crippen LogP contribution in [-0.4, -0.2) is 164 Å². The van der Waals surface area contributed by atoms with E-state index in [1.54, 1.807) is 95.4 Å². The van der Waals surface area contributed by atoms with Crippen molar-refractivity contribution >= 4 is 104 Å². The van der Waals surface area contributed by atoms with Crippen molar-refractivity contribution in [2.24, 2.45) is 11.8 Å². The number of allylic oxidation sites excluding steroid dienone is 3. The predicted octanol–water partition coefficient (Wildman–Crippen LogP) is 6.01. The second-order valence-electron chi connectivity index (χ2n) is 24.0. The number of ether oxygens (including phenoxy) is 5. The highest BCUT2D eigenvalue weighted by Crippen LogP contribution is 2.49. The topological polar surface area (TPSA) is 408 Å². The van der Waals surface area contributed by atoms with Crippen LogP contribution in [-0.2, 0) is 55.9 Å². The Balaban J connectivity index is 0.844. The lowest BCUT2D eigenvalue weighted by Crippen LogP contribution is -2.63. The molecule has 1 unspecified atom stereocenters. The van der Waals surface area contributed by atoms with Gasteiger partial charge in [-0.15, -0.1) is 0 Å². The van der Waals surface area contributed by atoms with E-state index in [2.05, 4.69) is 46.5 Å². The van der Waals surface area contributed by atoms with Gasteiger partial charge in [0.25, 0.3) is 17.4 Å². The number of fused-ring (bicyclic) bond motifs is 6. The highest BCUT2D eigenvalue weighted by atomic mass is 33.1. The van der Waals surface area contributed by atoms with Gasteiger partial charge in [-0.3, -0.25) is 39.1 Å². The molecule has 2 fully saturated rings. The predicted molar refractivity (Wildman–Crippen MR) is 359 cm³/mol. The number of nitrogens with one attached hydrogen (secondary N) is 6. The van der Waals surface area contributed by atoms with Crippen LogP contribution < -0.4 is 47.5 Å². The van der Waals surface area contributed by atoms with Gasteiger partial charge < -0.3 is 70.9 Å². The van der Waals surface area contributed by atoms with E-state index in [-0.39, 0.29) is 71.9 Å². The van der Waals surface area contributed by atoms with E-state index in [1.165, 1.54) is 59.0 Å². The van der Waals surface area contributed by atoms with Gasteiger partial charge in [-0.25, -0.2) is 24.4 Å². The van der Waals surface area contributed by atoms with Crippen LogP contribution in [0.2, 0.25) is 0 Å². The normalized spacial score (nSPS) is 23.0. The summed E-state index contributed by atoms with van der Waals surface area (Å²) in [6.07, 6.45) is 4.95. The summed E-state index contributed by atoms with van der Waals surface area (Å²) in [7, 11) is 7.07. The van der Waals surface area contributed by atoms with Crippen molar-refractivity contribution in [2.75, 3.05) is 49.5 Å². The van der Waals surface area contributed by atoms with Crippen LogP contribution >= 0.6 is 21.6 Å². The third-order valence-electron chi connectivity index (χ3n) is 16.5. The van der Waals surface area contributed by atoms with E-state index in [0.29, 0.717) is 40.4 Å². The third-order valence-corrected chi connectivity index (χ3v) is 19.4. The molecule has 11 N–H and O–H groups in total. The minimum Gasteiger partial charge on any atom is -0.496 e. The number of rotatable bonds is 24. The average Bonchev–Trinajstić information content (AvgIpc) is 1.57. The van der Waals surface area contributed by atoms with Crippen molar-refractivity contribution in [3.63, 3.8) is 0 Å². The van der Waals surface area contributed by atoms with E-state index < -0.39 is 113 Å². The zero-order valence-electron chi connectivity index (χ0n) is 54.3. The van der Waals surface area contributed by atoms with Gasteiger partial charge in [0.2, 0.25) is 17.8 Å². The molecule has 28 nitrogen and oxygen atoms in total. The molecule has 96 heavy (non-hydrogen) atoms. The second-order valence-corrected chi connectivity index (χ2v) is 26.8. The van der Waals surface area contributed by atoms with Crippen LogP contribution in [0.5, 0.6) is 5.75 Å². The number of amides is 5. The number of hydrogen-bond donors (Lipinski definition) is 10. The Morgan fingerprint density at radius 2 is 1.65 bits per heavy atom. The quantitative estimate of drug-likeness (QED) is 0.0192. The van der Waals surface area contributed by atoms with Crippen LogP contribution in [0.25, 0.3) is 17.2 Å². The van der Waals surface area contributed by atoms with Crippen LogP contribution in [0.4, 0.5) is 22.1 Å². The first-order valence-corrected chi connectivity index (χ1v) is 33.2. The summed E-state index contributed by atoms with van der Waals surface area (Å²) in [5.74, 6) is -6.31. The maximum atomic E-state index is 14.6. The molecule has 3 aromatic carbocycles. The molecule has 5 amide bonds. The number of aliphatic carboxylic acids is 2. The van der Waals surface area contributed by atoms with Crippen LogP contribution in [0, 0.1) is 11.8 Å². The van der Waals surface area contributed by atoms with Crippen molar-refractivity contribution in [1.29, 1.82) is 0 Å². The number of esters is 1. The van der Waals surface area contributed by atoms with Gasteiger partial charge in [-0.05, 0) is 93.3 Å². The zero-order valence-corrected chi connectivity index (χ0v) is 56.0. The first-order chi connectivity index (χ1) is 45.6. The number of carbonyl (C=O) groups excluding carboxylic acids is 6. The van der Waals surface area contributed by atoms with Crippen molar-refractivity contribution in [2.45, 2.75) is 133 Å². The van der Waals surface area contributed by atoms with Crippen molar-refractivity contribution < 1.29 is 77.4 Å². The van der Waals surface area contributed by atoms with Gasteiger partial charge in [0.15, 0.2) is 16.9 Å². The molecule has 0 spiro atoms. The fourth-order valence-electron chi connectivity index (χ4n) is 10.9. The molecule has 4 bridgehead atoms. The van der Waals surface area contributed by atoms with Crippen molar-refractivity contribution in [1.82, 2.24) is 41.2 Å². The van der Waals surface area contributed by atoms with Gasteiger partial charge in [-0.1, -0.05) is 90.4 Å². The molecular weight excluding hydrogens is 1280 g/mol. The monoisotopic (exact) mass is 1360 g/mol. The highest BCUT2D eigenvalue weighted by Gasteiger charge is 2.64. The maximum absolute atomic E-state index is 14.6. The summed E-state index contributed by atoms with van der Waals surface area (Å²) in [6, 6.07) is 13.8. The number of methoxy groups -OCH3 is 2. The number of carbonyl (C=O) groups is 8. The summed E-state index contributed by atoms with van der Waals surface area (Å²) >= 11 is 0. The number of epoxide rings is 1. The molecule has 0 aliphatic carbocycles. The first-order valence-electron chi connectivity index (χ1n) is 30.8. The number of H-pyrrole nitrogens is 1. The Morgan fingerprint density at radius 3 is 2.32 bits per heavy atom. The molecule has 10 atom stereocenters. The summed E-state index contributed by atoms with van der Waals surface area (Å²) in [5.41, 5.74) is 6.99. The fraction of sp³-hybridized carbons (Fsp3) is 0.424. The van der Waals surface area contributed by atoms with Crippen LogP contribution in [0.3, 0.4) is 0 Å². The van der Waals surface area contributed by atoms with Gasteiger partial charge in [-0.2, -0.15) is 4.98 Å². The second kappa shape index (κ2) is 31.9. The summed E-state index contributed by atoms with van der Waals surface area (Å²) in [4.78, 5) is 133. The number of alkyl carbamates (subject to hydrolysis) is 1. The van der Waals surface area contributed by atoms with Crippen LogP contribution in [0.15, 0.2) is 102 Å². The smallest absolute Gasteiger partial charge is 0.409 e. The summed E-state index contributed by atoms with van der Waals surface area (Å²) in [6.45, 7) is 10.9. The lowest BCUT2D eigenvalue weighted by Gasteiger charge is -2.42. The molecule has 512 valence electrons. The minimum absolute atomic E-state index is 0.0118. The zero-order chi connectivity index (χ0) is 69.8. The number of anilines is 3. The van der Waals surface area contributed by atoms with E-state index in [9.17, 15) is 58.5 Å². The SMILES string of the molecule is COc1cc2cc(c1/C=C/CNC(=O)c1ccc(C(C)SSC[C@H](NC(=O)CC[C@H](NC(=O)c3ccc(NCc4cnc5nc(N)[nH]c(=O)c5n4)cc3)C(=O)O)C(=O)O)cc1)N(C)C(=O)C[C@H](OC(=O)C(C)C)[C@]1(C)O[C@H]1[C@H](C)[C@@H]1C[C@@](O)(NC(=O)O1)[C@H](OC)/C=C/C=C(\C)C2. The van der Waals surface area contributed by atoms with E-state index in [1.807, 2.05) is 32.1 Å². The van der Waals surface area contributed by atoms with E-state index in [4.69, 9.17) is 29.4 Å². The Morgan fingerprint density at radius 1 is 0.948 bits per heavy atom. The number of hydrogen-bond acceptors (Lipinski definition) is 22. The summed E-state index contributed by atoms with van der Waals surface area (Å²) < 4.78 is 29.7. The Bertz CT molecular complexity index is 3890. The number of carboxylic acids is 2. The molecule has 3 aliphatic heterocycles. The van der Waals surface area contributed by atoms with Crippen molar-refractivity contribution in [3.8, 4) is 5.75 Å². The molecule has 3 aliphatic rings. The number of nitrogen functional groups attached to an aromatic ring is 1. The first kappa shape index (κ1) is 72.5. The fourth-order valence-corrected chi connectivity index (χ4v) is 13.4. The van der Waals surface area contributed by atoms with Gasteiger partial charge >= 0.3 is 24.0 Å². The lowest BCUT2D eigenvalue weighted by atomic mass is 9.83. The van der Waals surface area contributed by atoms with Gasteiger partial charge in [0.05, 0.1) is 49.7 Å². The van der Waals surface area contributed by atoms with Crippen molar-refractivity contribution in [3.05, 3.63) is 141 Å². The number of aliphatic hydroxyl groups is 1. The number of aromatic amines is 1. The Labute approximate surface area is 560 Å². The summed E-state index contributed by atoms with van der Waals surface area (Å²) in [5, 5.41) is 44.9. The molecule has 8 rings (SSSR count). The molecule has 30 heteroatoms. The number of carboxylic acid groups (broad SMARTS) is 2. The number of nitrogens with zero attached hydrogens (tertiary/aromatic N) is 4. The average molecular weight is 1360 g/mol. The maximum Gasteiger partial charge on any atom is 0.409 e. The Hall–Kier alpha value is -9.36. The molecular formula is C66H79N11O17S2. The highest BCUT2D eigenvalue weighted by molar-refractivity contribution is 8.76. The molecule has 5 heterocycles. The molecule has 5 aromatic rings. The van der Waals surface area contributed by atoms with E-state index >= 15 is 0 Å². The Kier molecular flexibility index (Phi) is 24.1. The van der Waals surface area contributed by atoms with Gasteiger partial charge in [0, 0.05) is 72.8 Å². The number of benzene rings is 3. The largest absolute Gasteiger partial charge is 0.496 e. The minimum atomic E-state index is -1.86. The molecule has 0 radical (unpaired) electrons. The standard InChI is InChI=1S/C66H79N11O17S2/c1-34(2)62(87)93-51-29-53(79)77(7)47-27-38(26-35(3)12-10-14-50(91-9)66(89)30-49(92-64(88)76-66)36(4)55-65(51,6)94-55)28-48(90-8)44(47)13-11-25-68-57(80)40-17-15-39(16-18-40)37(5)96-95-33-46(61(85)86)72-52(78)24-23-45(60(83)84)73-58(81)41-19-21-42(22-20-41)69-31-43-32-70-56-54(71-43)59(82)75-63(67)74-56/h10-22,27-28,32,34,36-37,45-46,49-51,55,69,89H,23-26,29-31,33H2,1-9H3,(H,68,80)(H,72,78)(H,73,81)(H,76,88)(H,83,84)(H,85,86)(H3,67,70,74,75,82)/b13-11+,14-10+,35-12+/t36-,37?,45+,46+,49+,50-,51+,55+,65+,66+/m1/s1.